The number of carboxylic acids is 2. The lowest BCUT2D eigenvalue weighted by Crippen LogP contribution is -2.23. The van der Waals surface area contributed by atoms with Crippen LogP contribution in [0.2, 0.25) is 0 Å². The summed E-state index contributed by atoms with van der Waals surface area (Å²) in [5.74, 6) is -3.16. The number of benzene rings is 2. The van der Waals surface area contributed by atoms with Crippen LogP contribution in [0.5, 0.6) is 0 Å². The summed E-state index contributed by atoms with van der Waals surface area (Å²) in [5, 5.41) is 20.8. The molecule has 1 heterocycles. The number of aromatic carboxylic acids is 1. The molecule has 0 spiro atoms. The van der Waals surface area contributed by atoms with Crippen molar-refractivity contribution in [3.05, 3.63) is 70.6 Å². The van der Waals surface area contributed by atoms with Crippen molar-refractivity contribution in [1.82, 2.24) is 5.16 Å². The summed E-state index contributed by atoms with van der Waals surface area (Å²) in [6, 6.07) is 11.0. The van der Waals surface area contributed by atoms with E-state index < -0.39 is 28.1 Å². The SMILES string of the molecule is Cc1cccc(S(=O)(=O)Nc2ccc(N(C)CCc3c(C)noc3C)c(C(=O)O)c2)c1.O=C(O)C(F)(F)F. The Morgan fingerprint density at radius 1 is 1.08 bits per heavy atom. The van der Waals surface area contributed by atoms with Crippen LogP contribution in [-0.4, -0.2) is 55.5 Å². The molecule has 0 amide bonds. The van der Waals surface area contributed by atoms with E-state index in [4.69, 9.17) is 14.4 Å². The highest BCUT2D eigenvalue weighted by Gasteiger charge is 2.38. The number of carboxylic acid groups (broad SMARTS) is 2. The van der Waals surface area contributed by atoms with E-state index in [9.17, 15) is 31.5 Å². The molecule has 0 radical (unpaired) electrons. The molecule has 0 saturated heterocycles. The summed E-state index contributed by atoms with van der Waals surface area (Å²) < 4.78 is 64.7. The lowest BCUT2D eigenvalue weighted by Gasteiger charge is -2.22. The zero-order valence-electron chi connectivity index (χ0n) is 20.8. The van der Waals surface area contributed by atoms with Crippen molar-refractivity contribution >= 4 is 33.3 Å². The average Bonchev–Trinajstić information content (AvgIpc) is 3.14. The van der Waals surface area contributed by atoms with Crippen molar-refractivity contribution in [2.75, 3.05) is 23.2 Å². The molecule has 0 aliphatic heterocycles. The minimum Gasteiger partial charge on any atom is -0.478 e. The zero-order chi connectivity index (χ0) is 28.8. The van der Waals surface area contributed by atoms with Crippen molar-refractivity contribution in [2.24, 2.45) is 0 Å². The molecular formula is C24H26F3N3O7S. The monoisotopic (exact) mass is 557 g/mol. The molecule has 38 heavy (non-hydrogen) atoms. The smallest absolute Gasteiger partial charge is 0.478 e. The van der Waals surface area contributed by atoms with Crippen LogP contribution in [0.1, 0.15) is 32.9 Å². The third kappa shape index (κ3) is 7.96. The molecule has 0 saturated carbocycles. The molecular weight excluding hydrogens is 531 g/mol. The number of halogens is 3. The van der Waals surface area contributed by atoms with Gasteiger partial charge in [0, 0.05) is 24.8 Å². The van der Waals surface area contributed by atoms with Crippen LogP contribution in [0, 0.1) is 20.8 Å². The number of rotatable bonds is 8. The molecule has 0 bridgehead atoms. The van der Waals surface area contributed by atoms with Gasteiger partial charge in [-0.1, -0.05) is 17.3 Å². The second-order valence-electron chi connectivity index (χ2n) is 8.24. The molecule has 10 nitrogen and oxygen atoms in total. The zero-order valence-corrected chi connectivity index (χ0v) is 21.6. The summed E-state index contributed by atoms with van der Waals surface area (Å²) in [7, 11) is -2.05. The largest absolute Gasteiger partial charge is 0.490 e. The molecule has 0 fully saturated rings. The number of aliphatic carboxylic acids is 1. The number of hydrogen-bond donors (Lipinski definition) is 3. The van der Waals surface area contributed by atoms with Gasteiger partial charge in [-0.2, -0.15) is 13.2 Å². The van der Waals surface area contributed by atoms with Gasteiger partial charge in [0.2, 0.25) is 0 Å². The first-order valence-electron chi connectivity index (χ1n) is 10.9. The Kier molecular flexibility index (Phi) is 9.51. The lowest BCUT2D eigenvalue weighted by atomic mass is 10.1. The predicted octanol–water partition coefficient (Wildman–Crippen LogP) is 4.41. The second-order valence-corrected chi connectivity index (χ2v) is 9.92. The maximum Gasteiger partial charge on any atom is 0.490 e. The van der Waals surface area contributed by atoms with E-state index in [0.29, 0.717) is 18.7 Å². The van der Waals surface area contributed by atoms with Crippen LogP contribution in [0.25, 0.3) is 0 Å². The Hall–Kier alpha value is -4.07. The standard InChI is InChI=1S/C22H25N3O5S.C2HF3O2/c1-14-6-5-7-18(12-14)31(28,29)24-17-8-9-21(20(13-17)22(26)27)25(4)11-10-19-15(2)23-30-16(19)3;3-2(4,5)1(6)7/h5-9,12-13,24H,10-11H2,1-4H3,(H,26,27);(H,6,7). The van der Waals surface area contributed by atoms with Gasteiger partial charge >= 0.3 is 18.1 Å². The van der Waals surface area contributed by atoms with Gasteiger partial charge in [0.05, 0.1) is 21.8 Å². The van der Waals surface area contributed by atoms with Gasteiger partial charge < -0.3 is 19.6 Å². The van der Waals surface area contributed by atoms with Crippen molar-refractivity contribution in [3.63, 3.8) is 0 Å². The van der Waals surface area contributed by atoms with Crippen molar-refractivity contribution < 1.29 is 45.9 Å². The van der Waals surface area contributed by atoms with Crippen LogP contribution < -0.4 is 9.62 Å². The number of nitrogens with zero attached hydrogens (tertiary/aromatic N) is 2. The topological polar surface area (TPSA) is 150 Å². The van der Waals surface area contributed by atoms with Crippen molar-refractivity contribution in [2.45, 2.75) is 38.3 Å². The Balaban J connectivity index is 0.000000638. The summed E-state index contributed by atoms with van der Waals surface area (Å²) in [6.45, 7) is 6.04. The summed E-state index contributed by atoms with van der Waals surface area (Å²) in [5.41, 5.74) is 3.28. The number of aryl methyl sites for hydroxylation is 3. The van der Waals surface area contributed by atoms with E-state index in [2.05, 4.69) is 9.88 Å². The third-order valence-electron chi connectivity index (χ3n) is 5.31. The predicted molar refractivity (Wildman–Crippen MR) is 132 cm³/mol. The Morgan fingerprint density at radius 2 is 1.71 bits per heavy atom. The fourth-order valence-corrected chi connectivity index (χ4v) is 4.51. The van der Waals surface area contributed by atoms with Crippen LogP contribution in [-0.2, 0) is 21.2 Å². The van der Waals surface area contributed by atoms with E-state index in [0.717, 1.165) is 22.6 Å². The van der Waals surface area contributed by atoms with Crippen LogP contribution in [0.3, 0.4) is 0 Å². The highest BCUT2D eigenvalue weighted by molar-refractivity contribution is 7.92. The fraction of sp³-hybridized carbons (Fsp3) is 0.292. The molecule has 14 heteroatoms. The van der Waals surface area contributed by atoms with Gasteiger partial charge in [-0.25, -0.2) is 18.0 Å². The maximum atomic E-state index is 12.7. The third-order valence-corrected chi connectivity index (χ3v) is 6.69. The second kappa shape index (κ2) is 12.0. The number of carbonyl (C=O) groups is 2. The highest BCUT2D eigenvalue weighted by Crippen LogP contribution is 2.26. The van der Waals surface area contributed by atoms with Crippen LogP contribution in [0.4, 0.5) is 24.5 Å². The van der Waals surface area contributed by atoms with Crippen LogP contribution >= 0.6 is 0 Å². The molecule has 1 aromatic heterocycles. The molecule has 3 rings (SSSR count). The normalized spacial score (nSPS) is 11.3. The highest BCUT2D eigenvalue weighted by atomic mass is 32.2. The van der Waals surface area contributed by atoms with Gasteiger partial charge in [-0.05, 0) is 63.1 Å². The minimum atomic E-state index is -5.08. The molecule has 0 aliphatic rings. The Labute approximate surface area is 216 Å². The number of nitrogens with one attached hydrogen (secondary N) is 1. The van der Waals surface area contributed by atoms with Crippen molar-refractivity contribution in [3.8, 4) is 0 Å². The molecule has 0 unspecified atom stereocenters. The van der Waals surface area contributed by atoms with E-state index >= 15 is 0 Å². The number of alkyl halides is 3. The maximum absolute atomic E-state index is 12.7. The van der Waals surface area contributed by atoms with E-state index in [1.807, 2.05) is 18.7 Å². The summed E-state index contributed by atoms with van der Waals surface area (Å²) in [4.78, 5) is 22.7. The molecule has 3 N–H and O–H groups in total. The first kappa shape index (κ1) is 30.2. The summed E-state index contributed by atoms with van der Waals surface area (Å²) >= 11 is 0. The van der Waals surface area contributed by atoms with E-state index in [-0.39, 0.29) is 16.1 Å². The lowest BCUT2D eigenvalue weighted by molar-refractivity contribution is -0.192. The van der Waals surface area contributed by atoms with Gasteiger partial charge in [-0.15, -0.1) is 0 Å². The van der Waals surface area contributed by atoms with Crippen molar-refractivity contribution in [1.29, 1.82) is 0 Å². The number of anilines is 2. The Bertz CT molecular complexity index is 1400. The first-order valence-corrected chi connectivity index (χ1v) is 12.4. The number of likely N-dealkylation sites (N-methyl/N-ethyl adjacent to an activating group) is 1. The van der Waals surface area contributed by atoms with Gasteiger partial charge in [0.25, 0.3) is 10.0 Å². The van der Waals surface area contributed by atoms with E-state index in [1.165, 1.54) is 12.1 Å². The van der Waals surface area contributed by atoms with E-state index in [1.54, 1.807) is 44.3 Å². The number of hydrogen-bond acceptors (Lipinski definition) is 7. The molecule has 0 aliphatic carbocycles. The molecule has 0 atom stereocenters. The van der Waals surface area contributed by atoms with Gasteiger partial charge in [0.15, 0.2) is 0 Å². The minimum absolute atomic E-state index is 0.00528. The number of sulfonamides is 1. The number of aromatic nitrogens is 1. The Morgan fingerprint density at radius 3 is 2.21 bits per heavy atom. The van der Waals surface area contributed by atoms with Gasteiger partial charge in [0.1, 0.15) is 5.76 Å². The van der Waals surface area contributed by atoms with Gasteiger partial charge in [-0.3, -0.25) is 4.72 Å². The summed E-state index contributed by atoms with van der Waals surface area (Å²) in [6.07, 6.45) is -4.45. The molecule has 3 aromatic rings. The first-order chi connectivity index (χ1) is 17.5. The molecule has 206 valence electrons. The fourth-order valence-electron chi connectivity index (χ4n) is 3.36. The van der Waals surface area contributed by atoms with Crippen LogP contribution in [0.15, 0.2) is 51.9 Å². The molecule has 2 aromatic carbocycles. The average molecular weight is 558 g/mol. The quantitative estimate of drug-likeness (QED) is 0.366.